The minimum absolute atomic E-state index is 0.0202. The summed E-state index contributed by atoms with van der Waals surface area (Å²) in [4.78, 5) is 32.2. The molecule has 0 radical (unpaired) electrons. The zero-order valence-corrected chi connectivity index (χ0v) is 17.7. The van der Waals surface area contributed by atoms with E-state index in [0.717, 1.165) is 58.5 Å². The molecule has 1 aliphatic carbocycles. The van der Waals surface area contributed by atoms with Crippen LogP contribution in [0.4, 0.5) is 0 Å². The molecule has 164 valence electrons. The fraction of sp³-hybridized carbons (Fsp3) is 0.696. The highest BCUT2D eigenvalue weighted by atomic mass is 16.5. The lowest BCUT2D eigenvalue weighted by atomic mass is 9.85. The number of pyridine rings is 1. The third kappa shape index (κ3) is 5.58. The number of ether oxygens (including phenoxy) is 1. The van der Waals surface area contributed by atoms with Crippen LogP contribution in [0.25, 0.3) is 0 Å². The molecule has 0 unspecified atom stereocenters. The normalized spacial score (nSPS) is 26.4. The Balaban J connectivity index is 1.39. The SMILES string of the molecule is O=C(N[C@H]1CC[C@@H](C(=O)NCC2CCC2)CN(C2CCOCC2)C1)c1ccccn1. The zero-order valence-electron chi connectivity index (χ0n) is 17.7. The first-order valence-electron chi connectivity index (χ1n) is 11.5. The van der Waals surface area contributed by atoms with E-state index in [0.29, 0.717) is 17.7 Å². The van der Waals surface area contributed by atoms with E-state index in [4.69, 9.17) is 4.74 Å². The van der Waals surface area contributed by atoms with Gasteiger partial charge in [0.1, 0.15) is 5.69 Å². The van der Waals surface area contributed by atoms with Gasteiger partial charge < -0.3 is 15.4 Å². The number of likely N-dealkylation sites (tertiary alicyclic amines) is 1. The minimum Gasteiger partial charge on any atom is -0.381 e. The van der Waals surface area contributed by atoms with E-state index >= 15 is 0 Å². The van der Waals surface area contributed by atoms with Gasteiger partial charge >= 0.3 is 0 Å². The highest BCUT2D eigenvalue weighted by Crippen LogP contribution is 2.26. The molecule has 0 bridgehead atoms. The second-order valence-corrected chi connectivity index (χ2v) is 9.00. The number of amides is 2. The molecular formula is C23H34N4O3. The van der Waals surface area contributed by atoms with Gasteiger partial charge in [0, 0.05) is 51.1 Å². The van der Waals surface area contributed by atoms with E-state index < -0.39 is 0 Å². The van der Waals surface area contributed by atoms with Crippen molar-refractivity contribution in [2.24, 2.45) is 11.8 Å². The maximum Gasteiger partial charge on any atom is 0.270 e. The van der Waals surface area contributed by atoms with Crippen LogP contribution in [0, 0.1) is 11.8 Å². The van der Waals surface area contributed by atoms with Gasteiger partial charge in [0.15, 0.2) is 0 Å². The van der Waals surface area contributed by atoms with Crippen molar-refractivity contribution < 1.29 is 14.3 Å². The lowest BCUT2D eigenvalue weighted by Crippen LogP contribution is -2.49. The van der Waals surface area contributed by atoms with E-state index in [2.05, 4.69) is 20.5 Å². The summed E-state index contributed by atoms with van der Waals surface area (Å²) >= 11 is 0. The van der Waals surface area contributed by atoms with Crippen LogP contribution in [0.3, 0.4) is 0 Å². The Hall–Kier alpha value is -1.99. The molecule has 2 aliphatic heterocycles. The number of carbonyl (C=O) groups is 2. The standard InChI is InChI=1S/C23H34N4O3/c28-22(25-14-17-4-3-5-17)18-7-8-19(26-23(29)21-6-1-2-11-24-21)16-27(15-18)20-9-12-30-13-10-20/h1-2,6,11,17-20H,3-5,7-10,12-16H2,(H,25,28)(H,26,29)/t18-,19+/m1/s1. The molecule has 2 saturated heterocycles. The maximum absolute atomic E-state index is 12.9. The fourth-order valence-corrected chi connectivity index (χ4v) is 4.75. The molecule has 3 heterocycles. The molecule has 2 atom stereocenters. The molecule has 7 nitrogen and oxygen atoms in total. The summed E-state index contributed by atoms with van der Waals surface area (Å²) in [5.41, 5.74) is 0.439. The van der Waals surface area contributed by atoms with Gasteiger partial charge in [0.2, 0.25) is 5.91 Å². The van der Waals surface area contributed by atoms with Gasteiger partial charge in [-0.25, -0.2) is 0 Å². The molecule has 0 spiro atoms. The van der Waals surface area contributed by atoms with Crippen molar-refractivity contribution in [3.63, 3.8) is 0 Å². The van der Waals surface area contributed by atoms with Crippen LogP contribution < -0.4 is 10.6 Å². The summed E-state index contributed by atoms with van der Waals surface area (Å²) in [5, 5.41) is 6.37. The molecule has 1 aromatic rings. The molecule has 30 heavy (non-hydrogen) atoms. The Morgan fingerprint density at radius 2 is 1.90 bits per heavy atom. The molecule has 3 aliphatic rings. The van der Waals surface area contributed by atoms with Gasteiger partial charge in [0.25, 0.3) is 5.91 Å². The first kappa shape index (κ1) is 21.2. The van der Waals surface area contributed by atoms with Gasteiger partial charge in [0.05, 0.1) is 5.92 Å². The Morgan fingerprint density at radius 1 is 1.07 bits per heavy atom. The molecular weight excluding hydrogens is 380 g/mol. The van der Waals surface area contributed by atoms with Crippen molar-refractivity contribution in [3.8, 4) is 0 Å². The van der Waals surface area contributed by atoms with Gasteiger partial charge in [-0.1, -0.05) is 12.5 Å². The Bertz CT molecular complexity index is 704. The van der Waals surface area contributed by atoms with Crippen LogP contribution in [0.1, 0.15) is 55.4 Å². The molecule has 4 rings (SSSR count). The third-order valence-corrected chi connectivity index (χ3v) is 6.87. The van der Waals surface area contributed by atoms with E-state index in [9.17, 15) is 9.59 Å². The number of aromatic nitrogens is 1. The van der Waals surface area contributed by atoms with E-state index in [-0.39, 0.29) is 23.8 Å². The molecule has 7 heteroatoms. The summed E-state index contributed by atoms with van der Waals surface area (Å²) in [6.45, 7) is 3.88. The van der Waals surface area contributed by atoms with Crippen LogP contribution in [0.15, 0.2) is 24.4 Å². The highest BCUT2D eigenvalue weighted by molar-refractivity contribution is 5.92. The molecule has 2 N–H and O–H groups in total. The van der Waals surface area contributed by atoms with E-state index in [1.807, 2.05) is 12.1 Å². The number of nitrogens with zero attached hydrogens (tertiary/aromatic N) is 2. The van der Waals surface area contributed by atoms with Gasteiger partial charge in [-0.15, -0.1) is 0 Å². The average Bonchev–Trinajstić information content (AvgIpc) is 2.96. The minimum atomic E-state index is -0.139. The van der Waals surface area contributed by atoms with Crippen molar-refractivity contribution in [1.29, 1.82) is 0 Å². The van der Waals surface area contributed by atoms with Crippen molar-refractivity contribution in [3.05, 3.63) is 30.1 Å². The second-order valence-electron chi connectivity index (χ2n) is 9.00. The molecule has 1 aromatic heterocycles. The van der Waals surface area contributed by atoms with Crippen LogP contribution in [0.5, 0.6) is 0 Å². The smallest absolute Gasteiger partial charge is 0.270 e. The van der Waals surface area contributed by atoms with Crippen LogP contribution in [0.2, 0.25) is 0 Å². The Kier molecular flexibility index (Phi) is 7.33. The summed E-state index contributed by atoms with van der Waals surface area (Å²) in [5.74, 6) is 0.678. The highest BCUT2D eigenvalue weighted by Gasteiger charge is 2.33. The van der Waals surface area contributed by atoms with Crippen molar-refractivity contribution in [2.75, 3.05) is 32.8 Å². The summed E-state index contributed by atoms with van der Waals surface area (Å²) in [6, 6.07) is 5.80. The third-order valence-electron chi connectivity index (χ3n) is 6.87. The van der Waals surface area contributed by atoms with Crippen LogP contribution >= 0.6 is 0 Å². The Morgan fingerprint density at radius 3 is 2.60 bits per heavy atom. The number of rotatable bonds is 6. The predicted molar refractivity (Wildman–Crippen MR) is 114 cm³/mol. The van der Waals surface area contributed by atoms with Gasteiger partial charge in [-0.3, -0.25) is 19.5 Å². The lowest BCUT2D eigenvalue weighted by molar-refractivity contribution is -0.126. The number of carbonyl (C=O) groups excluding carboxylic acids is 2. The number of nitrogens with one attached hydrogen (secondary N) is 2. The quantitative estimate of drug-likeness (QED) is 0.744. The fourth-order valence-electron chi connectivity index (χ4n) is 4.75. The van der Waals surface area contributed by atoms with Crippen molar-refractivity contribution >= 4 is 11.8 Å². The Labute approximate surface area is 178 Å². The summed E-state index contributed by atoms with van der Waals surface area (Å²) in [6.07, 6.45) is 8.97. The maximum atomic E-state index is 12.9. The molecule has 2 amide bonds. The molecule has 3 fully saturated rings. The lowest BCUT2D eigenvalue weighted by Gasteiger charge is -2.36. The first-order chi connectivity index (χ1) is 14.7. The predicted octanol–water partition coefficient (Wildman–Crippen LogP) is 1.99. The largest absolute Gasteiger partial charge is 0.381 e. The van der Waals surface area contributed by atoms with E-state index in [1.165, 1.54) is 19.3 Å². The summed E-state index contributed by atoms with van der Waals surface area (Å²) in [7, 11) is 0. The molecule has 1 saturated carbocycles. The van der Waals surface area contributed by atoms with Gasteiger partial charge in [-0.05, 0) is 56.6 Å². The van der Waals surface area contributed by atoms with E-state index in [1.54, 1.807) is 12.3 Å². The second kappa shape index (κ2) is 10.4. The molecule has 0 aromatic carbocycles. The monoisotopic (exact) mass is 414 g/mol. The topological polar surface area (TPSA) is 83.6 Å². The number of hydrogen-bond acceptors (Lipinski definition) is 5. The van der Waals surface area contributed by atoms with Crippen molar-refractivity contribution in [2.45, 2.75) is 57.0 Å². The average molecular weight is 415 g/mol. The van der Waals surface area contributed by atoms with Crippen molar-refractivity contribution in [1.82, 2.24) is 20.5 Å². The zero-order chi connectivity index (χ0) is 20.8. The van der Waals surface area contributed by atoms with Crippen LogP contribution in [-0.2, 0) is 9.53 Å². The van der Waals surface area contributed by atoms with Crippen LogP contribution in [-0.4, -0.2) is 66.6 Å². The summed E-state index contributed by atoms with van der Waals surface area (Å²) < 4.78 is 5.55. The number of hydrogen-bond donors (Lipinski definition) is 2. The first-order valence-corrected chi connectivity index (χ1v) is 11.5. The van der Waals surface area contributed by atoms with Gasteiger partial charge in [-0.2, -0.15) is 0 Å².